The number of aliphatic hydroxyl groups excluding tert-OH is 4. The smallest absolute Gasteiger partial charge is 0.338 e. The fourth-order valence-corrected chi connectivity index (χ4v) is 3.47. The number of esters is 1. The van der Waals surface area contributed by atoms with E-state index in [2.05, 4.69) is 0 Å². The van der Waals surface area contributed by atoms with Gasteiger partial charge in [-0.3, -0.25) is 0 Å². The lowest BCUT2D eigenvalue weighted by atomic mass is 9.99. The fourth-order valence-electron chi connectivity index (χ4n) is 3.20. The second kappa shape index (κ2) is 11.0. The molecule has 0 amide bonds. The predicted molar refractivity (Wildman–Crippen MR) is 113 cm³/mol. The molecule has 3 rings (SSSR count). The molecule has 1 aliphatic rings. The van der Waals surface area contributed by atoms with Crippen LogP contribution in [0.5, 0.6) is 11.5 Å². The first kappa shape index (κ1) is 24.2. The Morgan fingerprint density at radius 3 is 2.47 bits per heavy atom. The third-order valence-electron chi connectivity index (χ3n) is 5.01. The number of carbonyl (C=O) groups excluding carboxylic acids is 1. The van der Waals surface area contributed by atoms with Gasteiger partial charge in [0.05, 0.1) is 24.3 Å². The highest BCUT2D eigenvalue weighted by Crippen LogP contribution is 2.36. The summed E-state index contributed by atoms with van der Waals surface area (Å²) in [7, 11) is 1.41. The Morgan fingerprint density at radius 2 is 1.78 bits per heavy atom. The lowest BCUT2D eigenvalue weighted by Crippen LogP contribution is -2.58. The second-order valence-electron chi connectivity index (χ2n) is 7.21. The molecular formula is C22H25ClO9. The molecule has 0 radical (unpaired) electrons. The van der Waals surface area contributed by atoms with E-state index in [0.717, 1.165) is 5.56 Å². The number of hydrogen-bond donors (Lipinski definition) is 4. The van der Waals surface area contributed by atoms with Crippen LogP contribution in [0.1, 0.15) is 15.9 Å². The Kier molecular flexibility index (Phi) is 8.30. The summed E-state index contributed by atoms with van der Waals surface area (Å²) in [5, 5.41) is 38.9. The van der Waals surface area contributed by atoms with Crippen LogP contribution in [0.25, 0.3) is 0 Å². The van der Waals surface area contributed by atoms with Gasteiger partial charge in [-0.05, 0) is 17.7 Å². The molecule has 1 saturated heterocycles. The zero-order valence-corrected chi connectivity index (χ0v) is 18.0. The van der Waals surface area contributed by atoms with Crippen LogP contribution in [-0.2, 0) is 15.9 Å². The Morgan fingerprint density at radius 1 is 1.06 bits per heavy atom. The van der Waals surface area contributed by atoms with Gasteiger partial charge in [0.15, 0.2) is 17.8 Å². The van der Waals surface area contributed by atoms with E-state index in [-0.39, 0.29) is 22.1 Å². The highest BCUT2D eigenvalue weighted by molar-refractivity contribution is 6.32. The van der Waals surface area contributed by atoms with Gasteiger partial charge >= 0.3 is 5.97 Å². The number of ether oxygens (including phenoxy) is 4. The van der Waals surface area contributed by atoms with Crippen molar-refractivity contribution in [2.45, 2.75) is 37.1 Å². The maximum atomic E-state index is 12.5. The molecule has 4 N–H and O–H groups in total. The van der Waals surface area contributed by atoms with E-state index < -0.39 is 43.3 Å². The van der Waals surface area contributed by atoms with Gasteiger partial charge in [-0.1, -0.05) is 41.9 Å². The molecule has 1 aliphatic heterocycles. The molecule has 1 fully saturated rings. The van der Waals surface area contributed by atoms with Gasteiger partial charge in [0, 0.05) is 6.42 Å². The zero-order valence-electron chi connectivity index (χ0n) is 17.3. The van der Waals surface area contributed by atoms with Crippen molar-refractivity contribution < 1.29 is 44.2 Å². The van der Waals surface area contributed by atoms with Gasteiger partial charge in [-0.15, -0.1) is 0 Å². The summed E-state index contributed by atoms with van der Waals surface area (Å²) in [6.07, 6.45) is -7.18. The molecule has 10 heteroatoms. The molecule has 0 saturated carbocycles. The first-order valence-electron chi connectivity index (χ1n) is 9.91. The maximum absolute atomic E-state index is 12.5. The van der Waals surface area contributed by atoms with Crippen LogP contribution in [0.3, 0.4) is 0 Å². The van der Waals surface area contributed by atoms with Crippen LogP contribution >= 0.6 is 11.6 Å². The van der Waals surface area contributed by atoms with Gasteiger partial charge in [-0.25, -0.2) is 4.79 Å². The Balaban J connectivity index is 1.62. The van der Waals surface area contributed by atoms with E-state index in [4.69, 9.17) is 30.5 Å². The van der Waals surface area contributed by atoms with Crippen molar-refractivity contribution in [2.75, 3.05) is 20.3 Å². The number of benzene rings is 2. The van der Waals surface area contributed by atoms with Crippen LogP contribution in [0.15, 0.2) is 42.5 Å². The number of hydrogen-bond acceptors (Lipinski definition) is 9. The first-order valence-corrected chi connectivity index (χ1v) is 10.3. The van der Waals surface area contributed by atoms with Crippen molar-refractivity contribution in [3.05, 3.63) is 58.6 Å². The van der Waals surface area contributed by atoms with Crippen LogP contribution in [-0.4, -0.2) is 77.4 Å². The maximum Gasteiger partial charge on any atom is 0.338 e. The molecule has 1 heterocycles. The third-order valence-corrected chi connectivity index (χ3v) is 5.29. The number of carbonyl (C=O) groups is 1. The van der Waals surface area contributed by atoms with E-state index >= 15 is 0 Å². The molecule has 32 heavy (non-hydrogen) atoms. The van der Waals surface area contributed by atoms with Gasteiger partial charge in [0.2, 0.25) is 0 Å². The number of methoxy groups -OCH3 is 1. The molecule has 5 atom stereocenters. The van der Waals surface area contributed by atoms with Crippen molar-refractivity contribution >= 4 is 17.6 Å². The predicted octanol–water partition coefficient (Wildman–Crippen LogP) is 0.927. The highest BCUT2D eigenvalue weighted by atomic mass is 35.5. The van der Waals surface area contributed by atoms with Crippen LogP contribution < -0.4 is 9.47 Å². The first-order chi connectivity index (χ1) is 15.3. The Labute approximate surface area is 189 Å². The third kappa shape index (κ3) is 5.69. The Hall–Kier alpha value is -2.40. The molecule has 1 unspecified atom stereocenters. The zero-order chi connectivity index (χ0) is 23.3. The lowest BCUT2D eigenvalue weighted by molar-refractivity contribution is -0.286. The average Bonchev–Trinajstić information content (AvgIpc) is 2.80. The standard InChI is InChI=1S/C22H25ClO9/c1-29-15-10-13(9-14(23)20(15)30-8-7-12-5-3-2-4-6-12)21(27)31-11-16-17(24)18(25)19(26)22(28)32-16/h2-6,9-10,16-19,22,24-26,28H,7-8,11H2,1H3/t16-,17+,18+,19-,22?/m1/s1. The molecule has 0 aliphatic carbocycles. The quantitative estimate of drug-likeness (QED) is 0.417. The van der Waals surface area contributed by atoms with Gasteiger partial charge < -0.3 is 39.4 Å². The molecule has 2 aromatic carbocycles. The van der Waals surface area contributed by atoms with Crippen LogP contribution in [0.4, 0.5) is 0 Å². The molecule has 0 bridgehead atoms. The van der Waals surface area contributed by atoms with E-state index in [9.17, 15) is 25.2 Å². The lowest BCUT2D eigenvalue weighted by Gasteiger charge is -2.37. The van der Waals surface area contributed by atoms with Crippen molar-refractivity contribution in [3.8, 4) is 11.5 Å². The van der Waals surface area contributed by atoms with Gasteiger partial charge in [0.25, 0.3) is 0 Å². The summed E-state index contributed by atoms with van der Waals surface area (Å²) in [4.78, 5) is 12.5. The van der Waals surface area contributed by atoms with Crippen LogP contribution in [0, 0.1) is 0 Å². The van der Waals surface area contributed by atoms with Crippen molar-refractivity contribution in [1.82, 2.24) is 0 Å². The number of aliphatic hydroxyl groups is 4. The van der Waals surface area contributed by atoms with Crippen molar-refractivity contribution in [1.29, 1.82) is 0 Å². The fraction of sp³-hybridized carbons (Fsp3) is 0.409. The molecule has 9 nitrogen and oxygen atoms in total. The highest BCUT2D eigenvalue weighted by Gasteiger charge is 2.43. The molecule has 174 valence electrons. The molecule has 0 spiro atoms. The Bertz CT molecular complexity index is 908. The van der Waals surface area contributed by atoms with E-state index in [0.29, 0.717) is 13.0 Å². The largest absolute Gasteiger partial charge is 0.493 e. The number of halogens is 1. The van der Waals surface area contributed by atoms with Crippen molar-refractivity contribution in [2.24, 2.45) is 0 Å². The van der Waals surface area contributed by atoms with Crippen molar-refractivity contribution in [3.63, 3.8) is 0 Å². The average molecular weight is 469 g/mol. The normalized spacial score (nSPS) is 25.2. The molecule has 2 aromatic rings. The minimum Gasteiger partial charge on any atom is -0.493 e. The summed E-state index contributed by atoms with van der Waals surface area (Å²) < 4.78 is 21.2. The summed E-state index contributed by atoms with van der Waals surface area (Å²) in [6.45, 7) is -0.132. The minimum atomic E-state index is -1.72. The summed E-state index contributed by atoms with van der Waals surface area (Å²) in [5.74, 6) is -0.278. The summed E-state index contributed by atoms with van der Waals surface area (Å²) in [6, 6.07) is 12.5. The van der Waals surface area contributed by atoms with Gasteiger partial charge in [0.1, 0.15) is 31.0 Å². The van der Waals surface area contributed by atoms with E-state index in [1.165, 1.54) is 19.2 Å². The van der Waals surface area contributed by atoms with E-state index in [1.807, 2.05) is 30.3 Å². The number of rotatable bonds is 8. The van der Waals surface area contributed by atoms with Gasteiger partial charge in [-0.2, -0.15) is 0 Å². The molecular weight excluding hydrogens is 444 g/mol. The summed E-state index contributed by atoms with van der Waals surface area (Å²) in [5.41, 5.74) is 1.16. The summed E-state index contributed by atoms with van der Waals surface area (Å²) >= 11 is 6.29. The SMILES string of the molecule is COc1cc(C(=O)OC[C@H]2OC(O)[C@H](O)[C@@H](O)[C@H]2O)cc(Cl)c1OCCc1ccccc1. The molecule has 0 aromatic heterocycles. The van der Waals surface area contributed by atoms with E-state index in [1.54, 1.807) is 0 Å². The second-order valence-corrected chi connectivity index (χ2v) is 7.62. The minimum absolute atomic E-state index is 0.0636. The topological polar surface area (TPSA) is 135 Å². The van der Waals surface area contributed by atoms with Crippen LogP contribution in [0.2, 0.25) is 5.02 Å². The monoisotopic (exact) mass is 468 g/mol.